The third-order valence-corrected chi connectivity index (χ3v) is 7.76. The molecule has 6 nitrogen and oxygen atoms in total. The van der Waals surface area contributed by atoms with Gasteiger partial charge in [-0.3, -0.25) is 9.79 Å². The number of anilines is 2. The summed E-state index contributed by atoms with van der Waals surface area (Å²) in [4.78, 5) is 19.0. The maximum absolute atomic E-state index is 12.4. The van der Waals surface area contributed by atoms with Gasteiger partial charge in [0.15, 0.2) is 15.0 Å². The van der Waals surface area contributed by atoms with E-state index in [-0.39, 0.29) is 35.2 Å². The monoisotopic (exact) mass is 449 g/mol. The molecule has 2 aliphatic heterocycles. The van der Waals surface area contributed by atoms with Crippen molar-refractivity contribution >= 4 is 55.6 Å². The van der Waals surface area contributed by atoms with Crippen LogP contribution in [0.2, 0.25) is 5.02 Å². The summed E-state index contributed by atoms with van der Waals surface area (Å²) in [6.45, 7) is 2.00. The Hall–Kier alpha value is -2.03. The molecule has 0 unspecified atom stereocenters. The second kappa shape index (κ2) is 8.01. The molecule has 2 aliphatic rings. The molecule has 0 aliphatic carbocycles. The van der Waals surface area contributed by atoms with Crippen molar-refractivity contribution in [1.82, 2.24) is 0 Å². The highest BCUT2D eigenvalue weighted by Crippen LogP contribution is 2.35. The number of nitrogens with zero attached hydrogens (tertiary/aromatic N) is 2. The third-order valence-electron chi connectivity index (χ3n) is 4.86. The van der Waals surface area contributed by atoms with E-state index in [1.807, 2.05) is 36.1 Å². The molecular formula is C20H20ClN3O3S2. The van der Waals surface area contributed by atoms with E-state index < -0.39 is 9.84 Å². The molecule has 2 aromatic carbocycles. The fourth-order valence-corrected chi connectivity index (χ4v) is 6.49. The first-order valence-corrected chi connectivity index (χ1v) is 12.3. The molecule has 1 fully saturated rings. The highest BCUT2D eigenvalue weighted by molar-refractivity contribution is 8.14. The molecule has 1 N–H and O–H groups in total. The van der Waals surface area contributed by atoms with Gasteiger partial charge in [0.05, 0.1) is 29.3 Å². The lowest BCUT2D eigenvalue weighted by Crippen LogP contribution is -2.39. The van der Waals surface area contributed by atoms with Gasteiger partial charge in [-0.25, -0.2) is 8.42 Å². The largest absolute Gasteiger partial charge is 0.325 e. The van der Waals surface area contributed by atoms with Crippen molar-refractivity contribution in [3.63, 3.8) is 0 Å². The first-order valence-electron chi connectivity index (χ1n) is 9.13. The van der Waals surface area contributed by atoms with Crippen molar-refractivity contribution in [3.05, 3.63) is 59.1 Å². The Bertz CT molecular complexity index is 1070. The van der Waals surface area contributed by atoms with Crippen LogP contribution < -0.4 is 10.2 Å². The van der Waals surface area contributed by atoms with Crippen LogP contribution in [0, 0.1) is 6.92 Å². The van der Waals surface area contributed by atoms with Gasteiger partial charge in [0, 0.05) is 16.4 Å². The first kappa shape index (κ1) is 20.3. The van der Waals surface area contributed by atoms with Crippen molar-refractivity contribution in [2.75, 3.05) is 27.5 Å². The number of amidine groups is 1. The Kier molecular flexibility index (Phi) is 5.59. The summed E-state index contributed by atoms with van der Waals surface area (Å²) in [5.41, 5.74) is 2.65. The quantitative estimate of drug-likeness (QED) is 0.774. The number of fused-ring (bicyclic) bond motifs is 1. The molecule has 0 radical (unpaired) electrons. The number of carbonyl (C=O) groups is 1. The average molecular weight is 450 g/mol. The molecule has 2 atom stereocenters. The predicted octanol–water partition coefficient (Wildman–Crippen LogP) is 3.36. The lowest BCUT2D eigenvalue weighted by atomic mass is 10.1. The molecule has 0 aromatic heterocycles. The minimum Gasteiger partial charge on any atom is -0.325 e. The molecule has 0 bridgehead atoms. The van der Waals surface area contributed by atoms with Crippen molar-refractivity contribution in [1.29, 1.82) is 0 Å². The van der Waals surface area contributed by atoms with E-state index >= 15 is 0 Å². The maximum Gasteiger partial charge on any atom is 0.234 e. The number of aliphatic imine (C=N–C) groups is 1. The Morgan fingerprint density at radius 1 is 1.24 bits per heavy atom. The number of rotatable bonds is 4. The third kappa shape index (κ3) is 4.60. The molecule has 1 amide bonds. The molecule has 2 heterocycles. The summed E-state index contributed by atoms with van der Waals surface area (Å²) in [5.74, 6) is 0.125. The van der Waals surface area contributed by atoms with Gasteiger partial charge in [0.2, 0.25) is 5.91 Å². The minimum absolute atomic E-state index is 0.0544. The lowest BCUT2D eigenvalue weighted by Gasteiger charge is -2.26. The summed E-state index contributed by atoms with van der Waals surface area (Å²) < 4.78 is 24.2. The molecule has 2 aromatic rings. The Labute approximate surface area is 179 Å². The van der Waals surface area contributed by atoms with Crippen LogP contribution in [0.15, 0.2) is 53.5 Å². The van der Waals surface area contributed by atoms with Gasteiger partial charge >= 0.3 is 0 Å². The molecule has 1 saturated heterocycles. The maximum atomic E-state index is 12.4. The number of sulfone groups is 1. The lowest BCUT2D eigenvalue weighted by molar-refractivity contribution is -0.113. The van der Waals surface area contributed by atoms with Gasteiger partial charge in [-0.1, -0.05) is 47.1 Å². The first-order chi connectivity index (χ1) is 13.8. The number of benzene rings is 2. The fraction of sp³-hybridized carbons (Fsp3) is 0.300. The second-order valence-electron chi connectivity index (χ2n) is 7.18. The summed E-state index contributed by atoms with van der Waals surface area (Å²) in [5, 5.41) is 4.05. The number of halogens is 1. The number of amides is 1. The molecule has 0 saturated carbocycles. The molecule has 9 heteroatoms. The van der Waals surface area contributed by atoms with Crippen LogP contribution in [0.4, 0.5) is 11.4 Å². The van der Waals surface area contributed by atoms with E-state index in [1.165, 1.54) is 11.8 Å². The number of thioether (sulfide) groups is 1. The minimum atomic E-state index is -3.10. The van der Waals surface area contributed by atoms with Crippen LogP contribution >= 0.6 is 23.4 Å². The number of nitrogens with one attached hydrogen (secondary N) is 1. The van der Waals surface area contributed by atoms with Crippen LogP contribution in [0.25, 0.3) is 0 Å². The Balaban J connectivity index is 1.50. The van der Waals surface area contributed by atoms with Crippen LogP contribution in [-0.2, 0) is 14.6 Å². The number of hydrogen-bond donors (Lipinski definition) is 1. The molecule has 4 rings (SSSR count). The summed E-state index contributed by atoms with van der Waals surface area (Å²) >= 11 is 7.27. The Morgan fingerprint density at radius 3 is 2.72 bits per heavy atom. The van der Waals surface area contributed by atoms with E-state index in [0.29, 0.717) is 15.9 Å². The predicted molar refractivity (Wildman–Crippen MR) is 120 cm³/mol. The average Bonchev–Trinajstić information content (AvgIpc) is 3.12. The molecule has 29 heavy (non-hydrogen) atoms. The smallest absolute Gasteiger partial charge is 0.234 e. The number of aryl methyl sites for hydroxylation is 1. The van der Waals surface area contributed by atoms with Crippen molar-refractivity contribution in [2.24, 2.45) is 4.99 Å². The zero-order valence-electron chi connectivity index (χ0n) is 15.7. The topological polar surface area (TPSA) is 78.8 Å². The van der Waals surface area contributed by atoms with Gasteiger partial charge < -0.3 is 10.2 Å². The van der Waals surface area contributed by atoms with Crippen LogP contribution in [0.1, 0.15) is 5.56 Å². The summed E-state index contributed by atoms with van der Waals surface area (Å²) in [6, 6.07) is 14.4. The van der Waals surface area contributed by atoms with Crippen LogP contribution in [-0.4, -0.2) is 48.8 Å². The van der Waals surface area contributed by atoms with Crippen molar-refractivity contribution in [3.8, 4) is 0 Å². The van der Waals surface area contributed by atoms with Gasteiger partial charge in [-0.05, 0) is 37.3 Å². The van der Waals surface area contributed by atoms with Crippen molar-refractivity contribution in [2.45, 2.75) is 19.0 Å². The fourth-order valence-electron chi connectivity index (χ4n) is 3.53. The zero-order chi connectivity index (χ0) is 20.6. The van der Waals surface area contributed by atoms with Crippen molar-refractivity contribution < 1.29 is 13.2 Å². The van der Waals surface area contributed by atoms with E-state index in [4.69, 9.17) is 11.6 Å². The summed E-state index contributed by atoms with van der Waals surface area (Å²) in [7, 11) is -3.10. The van der Waals surface area contributed by atoms with E-state index in [1.54, 1.807) is 24.3 Å². The number of carbonyl (C=O) groups excluding carboxylic acids is 1. The normalized spacial score (nSPS) is 22.3. The second-order valence-corrected chi connectivity index (χ2v) is 10.7. The molecule has 152 valence electrons. The van der Waals surface area contributed by atoms with Gasteiger partial charge in [0.1, 0.15) is 0 Å². The highest BCUT2D eigenvalue weighted by Gasteiger charge is 2.47. The van der Waals surface area contributed by atoms with E-state index in [0.717, 1.165) is 11.3 Å². The standard InChI is InChI=1S/C20H20ClN3O3S2/c1-13-5-7-16(8-6-13)24-18-12-29(26,27)11-17(18)23-20(24)28-10-19(25)22-15-4-2-3-14(21)9-15/h2-9,17-18H,10-12H2,1H3,(H,22,25)/t17-,18-/m0/s1. The van der Waals surface area contributed by atoms with Gasteiger partial charge in [-0.2, -0.15) is 0 Å². The van der Waals surface area contributed by atoms with Crippen LogP contribution in [0.3, 0.4) is 0 Å². The Morgan fingerprint density at radius 2 is 2.00 bits per heavy atom. The highest BCUT2D eigenvalue weighted by atomic mass is 35.5. The van der Waals surface area contributed by atoms with Gasteiger partial charge in [0.25, 0.3) is 0 Å². The van der Waals surface area contributed by atoms with E-state index in [2.05, 4.69) is 10.3 Å². The van der Waals surface area contributed by atoms with E-state index in [9.17, 15) is 13.2 Å². The number of hydrogen-bond acceptors (Lipinski definition) is 6. The SMILES string of the molecule is Cc1ccc(N2C(SCC(=O)Nc3cccc(Cl)c3)=N[C@H]3CS(=O)(=O)C[C@@H]32)cc1. The summed E-state index contributed by atoms with van der Waals surface area (Å²) in [6.07, 6.45) is 0. The zero-order valence-corrected chi connectivity index (χ0v) is 18.1. The van der Waals surface area contributed by atoms with Gasteiger partial charge in [-0.15, -0.1) is 0 Å². The van der Waals surface area contributed by atoms with Crippen LogP contribution in [0.5, 0.6) is 0 Å². The molecular weight excluding hydrogens is 430 g/mol. The molecule has 0 spiro atoms.